The van der Waals surface area contributed by atoms with E-state index in [9.17, 15) is 14.3 Å². The molecule has 0 aliphatic rings. The van der Waals surface area contributed by atoms with Crippen LogP contribution in [0, 0.1) is 19.7 Å². The zero-order valence-corrected chi connectivity index (χ0v) is 14.4. The van der Waals surface area contributed by atoms with Gasteiger partial charge in [-0.25, -0.2) is 4.39 Å². The lowest BCUT2D eigenvalue weighted by Gasteiger charge is -2.14. The summed E-state index contributed by atoms with van der Waals surface area (Å²) >= 11 is 0. The summed E-state index contributed by atoms with van der Waals surface area (Å²) in [5.74, 6) is -0.583. The minimum absolute atomic E-state index is 0.0597. The predicted octanol–water partition coefficient (Wildman–Crippen LogP) is 2.41. The van der Waals surface area contributed by atoms with Gasteiger partial charge >= 0.3 is 0 Å². The molecule has 1 unspecified atom stereocenters. The van der Waals surface area contributed by atoms with Crippen molar-refractivity contribution in [3.05, 3.63) is 59.4 Å². The number of amides is 1. The number of hydrogen-bond donors (Lipinski definition) is 3. The van der Waals surface area contributed by atoms with E-state index >= 15 is 0 Å². The van der Waals surface area contributed by atoms with Crippen LogP contribution in [0.5, 0.6) is 5.75 Å². The summed E-state index contributed by atoms with van der Waals surface area (Å²) in [5, 5.41) is 15.5. The zero-order valence-electron chi connectivity index (χ0n) is 14.4. The minimum Gasteiger partial charge on any atom is -0.488 e. The normalized spacial score (nSPS) is 11.8. The molecule has 1 atom stereocenters. The molecule has 0 radical (unpaired) electrons. The Bertz CT molecular complexity index is 722. The lowest BCUT2D eigenvalue weighted by atomic mass is 10.1. The van der Waals surface area contributed by atoms with E-state index in [0.29, 0.717) is 0 Å². The lowest BCUT2D eigenvalue weighted by molar-refractivity contribution is -0.115. The van der Waals surface area contributed by atoms with Gasteiger partial charge < -0.3 is 20.5 Å². The van der Waals surface area contributed by atoms with Crippen molar-refractivity contribution in [3.8, 4) is 5.75 Å². The van der Waals surface area contributed by atoms with Crippen LogP contribution >= 0.6 is 0 Å². The van der Waals surface area contributed by atoms with E-state index < -0.39 is 11.9 Å². The van der Waals surface area contributed by atoms with Crippen LogP contribution in [0.15, 0.2) is 42.5 Å². The number of nitrogens with one attached hydrogen (secondary N) is 2. The zero-order chi connectivity index (χ0) is 18.2. The fourth-order valence-corrected chi connectivity index (χ4v) is 2.24. The van der Waals surface area contributed by atoms with Gasteiger partial charge in [0, 0.05) is 12.2 Å². The molecule has 2 aromatic rings. The monoisotopic (exact) mass is 346 g/mol. The fraction of sp³-hybridized carbons (Fsp3) is 0.316. The fourth-order valence-electron chi connectivity index (χ4n) is 2.24. The Balaban J connectivity index is 1.70. The molecule has 0 fully saturated rings. The third-order valence-corrected chi connectivity index (χ3v) is 3.81. The number of carbonyl (C=O) groups excluding carboxylic acids is 1. The minimum atomic E-state index is -0.854. The van der Waals surface area contributed by atoms with E-state index in [1.54, 1.807) is 12.1 Å². The van der Waals surface area contributed by atoms with Gasteiger partial charge in [-0.15, -0.1) is 0 Å². The Morgan fingerprint density at radius 1 is 1.20 bits per heavy atom. The number of carbonyl (C=O) groups is 1. The Morgan fingerprint density at radius 2 is 1.96 bits per heavy atom. The molecule has 0 heterocycles. The third-order valence-electron chi connectivity index (χ3n) is 3.81. The van der Waals surface area contributed by atoms with Gasteiger partial charge in [0.05, 0.1) is 6.54 Å². The van der Waals surface area contributed by atoms with Gasteiger partial charge in [0.2, 0.25) is 5.91 Å². The molecule has 6 heteroatoms. The molecule has 1 amide bonds. The average Bonchev–Trinajstić information content (AvgIpc) is 2.58. The maximum absolute atomic E-state index is 13.4. The molecule has 2 aromatic carbocycles. The SMILES string of the molecule is Cc1cccc(NC(=O)CNCC(O)COc2ccccc2F)c1C. The second kappa shape index (κ2) is 9.15. The maximum Gasteiger partial charge on any atom is 0.238 e. The van der Waals surface area contributed by atoms with Crippen LogP contribution in [0.1, 0.15) is 11.1 Å². The largest absolute Gasteiger partial charge is 0.488 e. The van der Waals surface area contributed by atoms with Crippen molar-refractivity contribution in [1.29, 1.82) is 0 Å². The van der Waals surface area contributed by atoms with E-state index in [1.807, 2.05) is 32.0 Å². The first kappa shape index (κ1) is 18.9. The first-order valence-corrected chi connectivity index (χ1v) is 8.09. The van der Waals surface area contributed by atoms with Crippen molar-refractivity contribution in [1.82, 2.24) is 5.32 Å². The third kappa shape index (κ3) is 5.85. The van der Waals surface area contributed by atoms with Crippen LogP contribution < -0.4 is 15.4 Å². The summed E-state index contributed by atoms with van der Waals surface area (Å²) in [4.78, 5) is 11.9. The Morgan fingerprint density at radius 3 is 2.72 bits per heavy atom. The van der Waals surface area contributed by atoms with Gasteiger partial charge in [-0.1, -0.05) is 24.3 Å². The lowest BCUT2D eigenvalue weighted by Crippen LogP contribution is -2.36. The summed E-state index contributed by atoms with van der Waals surface area (Å²) in [6, 6.07) is 11.7. The molecule has 3 N–H and O–H groups in total. The molecule has 0 aliphatic heterocycles. The molecule has 0 saturated carbocycles. The molecular weight excluding hydrogens is 323 g/mol. The molecule has 2 rings (SSSR count). The number of ether oxygens (including phenoxy) is 1. The number of anilines is 1. The van der Waals surface area contributed by atoms with Crippen LogP contribution in [0.3, 0.4) is 0 Å². The van der Waals surface area contributed by atoms with Crippen LogP contribution in [0.2, 0.25) is 0 Å². The van der Waals surface area contributed by atoms with Crippen molar-refractivity contribution in [2.45, 2.75) is 20.0 Å². The van der Waals surface area contributed by atoms with E-state index in [-0.39, 0.29) is 31.4 Å². The molecule has 134 valence electrons. The van der Waals surface area contributed by atoms with Gasteiger partial charge in [0.15, 0.2) is 11.6 Å². The number of halogens is 1. The van der Waals surface area contributed by atoms with E-state index in [0.717, 1.165) is 16.8 Å². The highest BCUT2D eigenvalue weighted by Crippen LogP contribution is 2.17. The number of aryl methyl sites for hydroxylation is 1. The molecule has 0 bridgehead atoms. The Labute approximate surface area is 146 Å². The molecule has 0 spiro atoms. The molecule has 0 aromatic heterocycles. The number of aliphatic hydroxyl groups is 1. The molecular formula is C19H23FN2O3. The van der Waals surface area contributed by atoms with Crippen molar-refractivity contribution in [3.63, 3.8) is 0 Å². The van der Waals surface area contributed by atoms with Crippen molar-refractivity contribution >= 4 is 11.6 Å². The summed E-state index contributed by atoms with van der Waals surface area (Å²) in [6.07, 6.45) is -0.854. The van der Waals surface area contributed by atoms with Crippen molar-refractivity contribution < 1.29 is 19.0 Å². The van der Waals surface area contributed by atoms with Crippen molar-refractivity contribution in [2.75, 3.05) is 25.0 Å². The van der Waals surface area contributed by atoms with Gasteiger partial charge in [0.25, 0.3) is 0 Å². The number of rotatable bonds is 8. The summed E-state index contributed by atoms with van der Waals surface area (Å²) < 4.78 is 18.6. The smallest absolute Gasteiger partial charge is 0.238 e. The van der Waals surface area contributed by atoms with Crippen LogP contribution in [0.4, 0.5) is 10.1 Å². The van der Waals surface area contributed by atoms with Gasteiger partial charge in [-0.3, -0.25) is 4.79 Å². The van der Waals surface area contributed by atoms with Crippen LogP contribution in [-0.4, -0.2) is 36.8 Å². The highest BCUT2D eigenvalue weighted by atomic mass is 19.1. The number of para-hydroxylation sites is 1. The first-order valence-electron chi connectivity index (χ1n) is 8.09. The second-order valence-corrected chi connectivity index (χ2v) is 5.82. The van der Waals surface area contributed by atoms with E-state index in [2.05, 4.69) is 10.6 Å². The summed E-state index contributed by atoms with van der Waals surface area (Å²) in [7, 11) is 0. The second-order valence-electron chi connectivity index (χ2n) is 5.82. The van der Waals surface area contributed by atoms with Crippen LogP contribution in [0.25, 0.3) is 0 Å². The quantitative estimate of drug-likeness (QED) is 0.686. The van der Waals surface area contributed by atoms with E-state index in [1.165, 1.54) is 12.1 Å². The topological polar surface area (TPSA) is 70.6 Å². The molecule has 0 saturated heterocycles. The predicted molar refractivity (Wildman–Crippen MR) is 95.3 cm³/mol. The highest BCUT2D eigenvalue weighted by molar-refractivity contribution is 5.93. The Hall–Kier alpha value is -2.44. The van der Waals surface area contributed by atoms with Gasteiger partial charge in [-0.2, -0.15) is 0 Å². The van der Waals surface area contributed by atoms with Gasteiger partial charge in [-0.05, 0) is 43.2 Å². The summed E-state index contributed by atoms with van der Waals surface area (Å²) in [6.45, 7) is 4.09. The van der Waals surface area contributed by atoms with E-state index in [4.69, 9.17) is 4.74 Å². The maximum atomic E-state index is 13.4. The molecule has 0 aliphatic carbocycles. The molecule has 25 heavy (non-hydrogen) atoms. The van der Waals surface area contributed by atoms with Crippen molar-refractivity contribution in [2.24, 2.45) is 0 Å². The summed E-state index contributed by atoms with van der Waals surface area (Å²) in [5.41, 5.74) is 2.90. The standard InChI is InChI=1S/C19H23FN2O3/c1-13-6-5-8-17(14(13)2)22-19(24)11-21-10-15(23)12-25-18-9-4-3-7-16(18)20/h3-9,15,21,23H,10-12H2,1-2H3,(H,22,24). The average molecular weight is 346 g/mol. The number of benzene rings is 2. The van der Waals surface area contributed by atoms with Gasteiger partial charge in [0.1, 0.15) is 12.7 Å². The van der Waals surface area contributed by atoms with Crippen LogP contribution in [-0.2, 0) is 4.79 Å². The number of hydrogen-bond acceptors (Lipinski definition) is 4. The first-order chi connectivity index (χ1) is 12.0. The molecule has 5 nitrogen and oxygen atoms in total. The Kier molecular flexibility index (Phi) is 6.91. The number of aliphatic hydroxyl groups excluding tert-OH is 1. The highest BCUT2D eigenvalue weighted by Gasteiger charge is 2.10.